The number of anilines is 2. The number of hydrogen-bond donors (Lipinski definition) is 1. The topological polar surface area (TPSA) is 41.1 Å². The van der Waals surface area contributed by atoms with Crippen molar-refractivity contribution in [1.82, 2.24) is 9.97 Å². The van der Waals surface area contributed by atoms with Gasteiger partial charge in [-0.05, 0) is 12.3 Å². The molecule has 0 aliphatic heterocycles. The summed E-state index contributed by atoms with van der Waals surface area (Å²) in [4.78, 5) is 10.5. The molecule has 0 aliphatic carbocycles. The Labute approximate surface area is 89.1 Å². The maximum Gasteiger partial charge on any atom is 0.224 e. The van der Waals surface area contributed by atoms with E-state index in [2.05, 4.69) is 26.4 Å². The Bertz CT molecular complexity index is 279. The molecule has 1 N–H and O–H groups in total. The first-order chi connectivity index (χ1) is 6.77. The Balaban J connectivity index is 2.64. The highest BCUT2D eigenvalue weighted by Crippen LogP contribution is 2.10. The van der Waals surface area contributed by atoms with Crippen LogP contribution in [-0.2, 0) is 0 Å². The van der Waals surface area contributed by atoms with Gasteiger partial charge in [0.1, 0.15) is 5.82 Å². The van der Waals surface area contributed by atoms with Crippen LogP contribution in [0.1, 0.15) is 0 Å². The summed E-state index contributed by atoms with van der Waals surface area (Å²) >= 11 is 1.83. The first-order valence-corrected chi connectivity index (χ1v) is 5.88. The zero-order valence-electron chi connectivity index (χ0n) is 8.82. The van der Waals surface area contributed by atoms with Crippen molar-refractivity contribution in [1.29, 1.82) is 0 Å². The van der Waals surface area contributed by atoms with E-state index in [1.165, 1.54) is 0 Å². The normalized spacial score (nSPS) is 9.93. The summed E-state index contributed by atoms with van der Waals surface area (Å²) < 4.78 is 0. The zero-order valence-corrected chi connectivity index (χ0v) is 9.64. The van der Waals surface area contributed by atoms with Crippen molar-refractivity contribution in [3.05, 3.63) is 12.3 Å². The van der Waals surface area contributed by atoms with Crippen molar-refractivity contribution in [2.75, 3.05) is 42.9 Å². The molecule has 0 fully saturated rings. The van der Waals surface area contributed by atoms with E-state index in [0.717, 1.165) is 18.1 Å². The third-order valence-corrected chi connectivity index (χ3v) is 2.48. The fraction of sp³-hybridized carbons (Fsp3) is 0.556. The lowest BCUT2D eigenvalue weighted by atomic mass is 10.5. The van der Waals surface area contributed by atoms with E-state index in [0.29, 0.717) is 5.95 Å². The molecule has 0 unspecified atom stereocenters. The monoisotopic (exact) mass is 212 g/mol. The van der Waals surface area contributed by atoms with Crippen LogP contribution >= 0.6 is 11.8 Å². The Morgan fingerprint density at radius 2 is 2.36 bits per heavy atom. The average molecular weight is 212 g/mol. The molecule has 1 rings (SSSR count). The van der Waals surface area contributed by atoms with Gasteiger partial charge in [0.15, 0.2) is 0 Å². The highest BCUT2D eigenvalue weighted by atomic mass is 32.2. The molecule has 78 valence electrons. The van der Waals surface area contributed by atoms with Crippen LogP contribution < -0.4 is 10.2 Å². The molecule has 5 heteroatoms. The maximum atomic E-state index is 4.34. The largest absolute Gasteiger partial charge is 0.359 e. The second kappa shape index (κ2) is 5.70. The Morgan fingerprint density at radius 3 is 3.00 bits per heavy atom. The molecular weight excluding hydrogens is 196 g/mol. The summed E-state index contributed by atoms with van der Waals surface area (Å²) in [5.74, 6) is 2.73. The van der Waals surface area contributed by atoms with Gasteiger partial charge in [0.05, 0.1) is 0 Å². The number of aromatic nitrogens is 2. The van der Waals surface area contributed by atoms with Gasteiger partial charge in [-0.3, -0.25) is 0 Å². The number of rotatable bonds is 5. The number of hydrogen-bond acceptors (Lipinski definition) is 5. The van der Waals surface area contributed by atoms with Crippen LogP contribution in [0, 0.1) is 0 Å². The molecule has 0 saturated heterocycles. The molecule has 0 atom stereocenters. The minimum atomic E-state index is 0.665. The molecule has 1 aromatic rings. The third kappa shape index (κ3) is 3.06. The zero-order chi connectivity index (χ0) is 10.4. The van der Waals surface area contributed by atoms with Crippen molar-refractivity contribution < 1.29 is 0 Å². The average Bonchev–Trinajstić information content (AvgIpc) is 2.26. The summed E-state index contributed by atoms with van der Waals surface area (Å²) in [7, 11) is 3.86. The van der Waals surface area contributed by atoms with Gasteiger partial charge in [-0.1, -0.05) is 0 Å². The van der Waals surface area contributed by atoms with E-state index >= 15 is 0 Å². The molecule has 0 spiro atoms. The van der Waals surface area contributed by atoms with Crippen LogP contribution in [0.25, 0.3) is 0 Å². The van der Waals surface area contributed by atoms with Crippen molar-refractivity contribution in [2.24, 2.45) is 0 Å². The van der Waals surface area contributed by atoms with Gasteiger partial charge < -0.3 is 10.2 Å². The molecule has 0 saturated carbocycles. The van der Waals surface area contributed by atoms with Crippen LogP contribution in [0.2, 0.25) is 0 Å². The predicted octanol–water partition coefficient (Wildman–Crippen LogP) is 1.32. The van der Waals surface area contributed by atoms with Crippen molar-refractivity contribution in [2.45, 2.75) is 0 Å². The number of nitrogens with one attached hydrogen (secondary N) is 1. The third-order valence-electron chi connectivity index (χ3n) is 1.89. The standard InChI is InChI=1S/C9H16N4S/c1-10-9-11-5-4-8(12-9)13(2)6-7-14-3/h4-5H,6-7H2,1-3H3,(H,10,11,12). The first-order valence-electron chi connectivity index (χ1n) is 4.48. The Morgan fingerprint density at radius 1 is 1.57 bits per heavy atom. The molecule has 14 heavy (non-hydrogen) atoms. The number of nitrogens with zero attached hydrogens (tertiary/aromatic N) is 3. The molecule has 0 amide bonds. The van der Waals surface area contributed by atoms with Crippen LogP contribution in [0.15, 0.2) is 12.3 Å². The van der Waals surface area contributed by atoms with E-state index in [1.807, 2.05) is 31.9 Å². The molecule has 0 aromatic carbocycles. The van der Waals surface area contributed by atoms with Gasteiger partial charge in [-0.15, -0.1) is 0 Å². The van der Waals surface area contributed by atoms with Crippen molar-refractivity contribution >= 4 is 23.5 Å². The highest BCUT2D eigenvalue weighted by Gasteiger charge is 2.02. The quantitative estimate of drug-likeness (QED) is 0.797. The van der Waals surface area contributed by atoms with Gasteiger partial charge in [-0.25, -0.2) is 4.98 Å². The van der Waals surface area contributed by atoms with Gasteiger partial charge >= 0.3 is 0 Å². The molecular formula is C9H16N4S. The fourth-order valence-electron chi connectivity index (χ4n) is 1.02. The molecule has 1 aromatic heterocycles. The number of thioether (sulfide) groups is 1. The Hall–Kier alpha value is -0.970. The van der Waals surface area contributed by atoms with Gasteiger partial charge in [0, 0.05) is 32.6 Å². The van der Waals surface area contributed by atoms with E-state index in [1.54, 1.807) is 6.20 Å². The van der Waals surface area contributed by atoms with Crippen molar-refractivity contribution in [3.8, 4) is 0 Å². The summed E-state index contributed by atoms with van der Waals surface area (Å²) in [5, 5.41) is 2.92. The summed E-state index contributed by atoms with van der Waals surface area (Å²) in [6.45, 7) is 1.00. The molecule has 0 radical (unpaired) electrons. The van der Waals surface area contributed by atoms with E-state index in [9.17, 15) is 0 Å². The molecule has 0 aliphatic rings. The summed E-state index contributed by atoms with van der Waals surface area (Å²) in [5.41, 5.74) is 0. The lowest BCUT2D eigenvalue weighted by Crippen LogP contribution is -2.21. The second-order valence-corrected chi connectivity index (χ2v) is 3.89. The Kier molecular flexibility index (Phi) is 4.52. The van der Waals surface area contributed by atoms with Crippen LogP contribution in [0.4, 0.5) is 11.8 Å². The lowest BCUT2D eigenvalue weighted by molar-refractivity contribution is 0.938. The van der Waals surface area contributed by atoms with Crippen LogP contribution in [0.5, 0.6) is 0 Å². The molecule has 1 heterocycles. The van der Waals surface area contributed by atoms with Gasteiger partial charge in [0.2, 0.25) is 5.95 Å². The van der Waals surface area contributed by atoms with Gasteiger partial charge in [-0.2, -0.15) is 16.7 Å². The minimum absolute atomic E-state index is 0.665. The first kappa shape index (κ1) is 11.1. The van der Waals surface area contributed by atoms with E-state index in [4.69, 9.17) is 0 Å². The molecule has 4 nitrogen and oxygen atoms in total. The minimum Gasteiger partial charge on any atom is -0.359 e. The second-order valence-electron chi connectivity index (χ2n) is 2.90. The van der Waals surface area contributed by atoms with Gasteiger partial charge in [0.25, 0.3) is 0 Å². The fourth-order valence-corrected chi connectivity index (χ4v) is 1.48. The van der Waals surface area contributed by atoms with E-state index < -0.39 is 0 Å². The predicted molar refractivity (Wildman–Crippen MR) is 63.2 cm³/mol. The SMILES string of the molecule is CNc1nccc(N(C)CCSC)n1. The lowest BCUT2D eigenvalue weighted by Gasteiger charge is -2.17. The summed E-state index contributed by atoms with van der Waals surface area (Å²) in [6, 6.07) is 1.92. The molecule has 0 bridgehead atoms. The van der Waals surface area contributed by atoms with E-state index in [-0.39, 0.29) is 0 Å². The van der Waals surface area contributed by atoms with Crippen LogP contribution in [0.3, 0.4) is 0 Å². The van der Waals surface area contributed by atoms with Crippen LogP contribution in [-0.4, -0.2) is 42.6 Å². The smallest absolute Gasteiger partial charge is 0.224 e. The van der Waals surface area contributed by atoms with Crippen molar-refractivity contribution in [3.63, 3.8) is 0 Å². The highest BCUT2D eigenvalue weighted by molar-refractivity contribution is 7.98. The summed E-state index contributed by atoms with van der Waals surface area (Å²) in [6.07, 6.45) is 3.87. The maximum absolute atomic E-state index is 4.34.